The van der Waals surface area contributed by atoms with Crippen LogP contribution in [0.15, 0.2) is 12.4 Å². The molecule has 15 heavy (non-hydrogen) atoms. The standard InChI is InChI=1S/C11H21N3O/c1-9(7-11(2,3)15-4)14-8-10-12-5-6-13-10/h5-6,9,14H,7-8H2,1-4H3,(H,12,13). The Bertz CT molecular complexity index is 269. The molecule has 2 N–H and O–H groups in total. The van der Waals surface area contributed by atoms with Gasteiger partial charge in [-0.25, -0.2) is 4.98 Å². The van der Waals surface area contributed by atoms with Gasteiger partial charge in [-0.1, -0.05) is 0 Å². The van der Waals surface area contributed by atoms with E-state index in [2.05, 4.69) is 36.1 Å². The summed E-state index contributed by atoms with van der Waals surface area (Å²) in [6.07, 6.45) is 4.58. The Morgan fingerprint density at radius 1 is 1.60 bits per heavy atom. The minimum atomic E-state index is -0.0738. The van der Waals surface area contributed by atoms with Crippen molar-refractivity contribution in [3.05, 3.63) is 18.2 Å². The summed E-state index contributed by atoms with van der Waals surface area (Å²) in [7, 11) is 1.75. The lowest BCUT2D eigenvalue weighted by Crippen LogP contribution is -2.35. The highest BCUT2D eigenvalue weighted by Crippen LogP contribution is 2.15. The van der Waals surface area contributed by atoms with Gasteiger partial charge in [-0.15, -0.1) is 0 Å². The first-order valence-corrected chi connectivity index (χ1v) is 5.30. The van der Waals surface area contributed by atoms with Crippen molar-refractivity contribution < 1.29 is 4.74 Å². The lowest BCUT2D eigenvalue weighted by molar-refractivity contribution is 0.00840. The van der Waals surface area contributed by atoms with E-state index in [-0.39, 0.29) is 5.60 Å². The number of nitrogens with zero attached hydrogens (tertiary/aromatic N) is 1. The van der Waals surface area contributed by atoms with Crippen LogP contribution in [0.2, 0.25) is 0 Å². The summed E-state index contributed by atoms with van der Waals surface area (Å²) >= 11 is 0. The van der Waals surface area contributed by atoms with Crippen molar-refractivity contribution in [1.82, 2.24) is 15.3 Å². The predicted molar refractivity (Wildman–Crippen MR) is 60.6 cm³/mol. The van der Waals surface area contributed by atoms with Gasteiger partial charge in [-0.2, -0.15) is 0 Å². The predicted octanol–water partition coefficient (Wildman–Crippen LogP) is 1.70. The molecule has 1 heterocycles. The molecule has 0 aromatic carbocycles. The number of nitrogens with one attached hydrogen (secondary N) is 2. The molecule has 0 radical (unpaired) electrons. The summed E-state index contributed by atoms with van der Waals surface area (Å²) in [5.74, 6) is 0.970. The van der Waals surface area contributed by atoms with E-state index in [1.165, 1.54) is 0 Å². The number of imidazole rings is 1. The van der Waals surface area contributed by atoms with Crippen LogP contribution in [0, 0.1) is 0 Å². The molecule has 1 rings (SSSR count). The molecule has 1 aromatic rings. The van der Waals surface area contributed by atoms with E-state index in [4.69, 9.17) is 4.74 Å². The summed E-state index contributed by atoms with van der Waals surface area (Å²) in [5.41, 5.74) is -0.0738. The van der Waals surface area contributed by atoms with Crippen molar-refractivity contribution in [3.63, 3.8) is 0 Å². The molecule has 0 spiro atoms. The first-order valence-electron chi connectivity index (χ1n) is 5.30. The molecule has 0 saturated carbocycles. The Morgan fingerprint density at radius 2 is 2.33 bits per heavy atom. The van der Waals surface area contributed by atoms with E-state index >= 15 is 0 Å². The molecule has 1 unspecified atom stereocenters. The lowest BCUT2D eigenvalue weighted by atomic mass is 10.00. The van der Waals surface area contributed by atoms with E-state index in [1.54, 1.807) is 13.3 Å². The first-order chi connectivity index (χ1) is 7.03. The van der Waals surface area contributed by atoms with E-state index in [0.717, 1.165) is 18.8 Å². The zero-order valence-corrected chi connectivity index (χ0v) is 10.0. The van der Waals surface area contributed by atoms with E-state index < -0.39 is 0 Å². The largest absolute Gasteiger partial charge is 0.379 e. The van der Waals surface area contributed by atoms with Crippen LogP contribution < -0.4 is 5.32 Å². The van der Waals surface area contributed by atoms with E-state index in [9.17, 15) is 0 Å². The van der Waals surface area contributed by atoms with Crippen LogP contribution in [-0.2, 0) is 11.3 Å². The van der Waals surface area contributed by atoms with Crippen LogP contribution in [0.4, 0.5) is 0 Å². The van der Waals surface area contributed by atoms with Crippen LogP contribution in [0.5, 0.6) is 0 Å². The number of rotatable bonds is 6. The molecule has 1 aromatic heterocycles. The first kappa shape index (κ1) is 12.2. The average molecular weight is 211 g/mol. The summed E-state index contributed by atoms with van der Waals surface area (Å²) in [5, 5.41) is 3.40. The van der Waals surface area contributed by atoms with Gasteiger partial charge in [-0.05, 0) is 27.2 Å². The van der Waals surface area contributed by atoms with Crippen LogP contribution in [0.3, 0.4) is 0 Å². The highest BCUT2D eigenvalue weighted by atomic mass is 16.5. The minimum Gasteiger partial charge on any atom is -0.379 e. The number of aromatic amines is 1. The van der Waals surface area contributed by atoms with Gasteiger partial charge < -0.3 is 15.0 Å². The van der Waals surface area contributed by atoms with Crippen LogP contribution in [0.25, 0.3) is 0 Å². The molecule has 4 heteroatoms. The molecular weight excluding hydrogens is 190 g/mol. The van der Waals surface area contributed by atoms with Gasteiger partial charge in [0.2, 0.25) is 0 Å². The summed E-state index contributed by atoms with van der Waals surface area (Å²) in [6.45, 7) is 7.12. The van der Waals surface area contributed by atoms with Crippen molar-refractivity contribution >= 4 is 0 Å². The van der Waals surface area contributed by atoms with Crippen molar-refractivity contribution in [1.29, 1.82) is 0 Å². The molecule has 0 aliphatic carbocycles. The molecule has 86 valence electrons. The lowest BCUT2D eigenvalue weighted by Gasteiger charge is -2.26. The van der Waals surface area contributed by atoms with E-state index in [0.29, 0.717) is 6.04 Å². The molecule has 0 aliphatic rings. The molecule has 0 amide bonds. The number of aromatic nitrogens is 2. The number of ether oxygens (including phenoxy) is 1. The summed E-state index contributed by atoms with van der Waals surface area (Å²) < 4.78 is 5.38. The zero-order chi connectivity index (χ0) is 11.3. The highest BCUT2D eigenvalue weighted by molar-refractivity contribution is 4.87. The molecule has 0 aliphatic heterocycles. The molecule has 0 bridgehead atoms. The molecule has 0 fully saturated rings. The number of hydrogen-bond acceptors (Lipinski definition) is 3. The second kappa shape index (κ2) is 5.28. The second-order valence-corrected chi connectivity index (χ2v) is 4.49. The third-order valence-electron chi connectivity index (χ3n) is 2.52. The van der Waals surface area contributed by atoms with Gasteiger partial charge in [0.05, 0.1) is 12.1 Å². The van der Waals surface area contributed by atoms with Crippen molar-refractivity contribution in [2.24, 2.45) is 0 Å². The SMILES string of the molecule is COC(C)(C)CC(C)NCc1ncc[nH]1. The fourth-order valence-corrected chi connectivity index (χ4v) is 1.56. The maximum absolute atomic E-state index is 5.38. The maximum Gasteiger partial charge on any atom is 0.120 e. The number of hydrogen-bond donors (Lipinski definition) is 2. The Balaban J connectivity index is 2.27. The minimum absolute atomic E-state index is 0.0738. The van der Waals surface area contributed by atoms with Crippen molar-refractivity contribution in [2.45, 2.75) is 45.4 Å². The maximum atomic E-state index is 5.38. The molecular formula is C11H21N3O. The number of H-pyrrole nitrogens is 1. The van der Waals surface area contributed by atoms with Crippen LogP contribution >= 0.6 is 0 Å². The molecule has 1 atom stereocenters. The number of methoxy groups -OCH3 is 1. The summed E-state index contributed by atoms with van der Waals surface area (Å²) in [6, 6.07) is 0.407. The second-order valence-electron chi connectivity index (χ2n) is 4.49. The van der Waals surface area contributed by atoms with Gasteiger partial charge in [0.15, 0.2) is 0 Å². The Labute approximate surface area is 91.4 Å². The monoisotopic (exact) mass is 211 g/mol. The van der Waals surface area contributed by atoms with Gasteiger partial charge in [0.25, 0.3) is 0 Å². The fraction of sp³-hybridized carbons (Fsp3) is 0.727. The third kappa shape index (κ3) is 4.44. The van der Waals surface area contributed by atoms with Gasteiger partial charge in [0, 0.05) is 25.5 Å². The smallest absolute Gasteiger partial charge is 0.120 e. The van der Waals surface area contributed by atoms with Crippen LogP contribution in [0.1, 0.15) is 33.0 Å². The Kier molecular flexibility index (Phi) is 4.29. The normalized spacial score (nSPS) is 14.1. The van der Waals surface area contributed by atoms with Crippen molar-refractivity contribution in [3.8, 4) is 0 Å². The molecule has 4 nitrogen and oxygen atoms in total. The quantitative estimate of drug-likeness (QED) is 0.753. The van der Waals surface area contributed by atoms with Gasteiger partial charge in [-0.3, -0.25) is 0 Å². The molecule has 0 saturated heterocycles. The average Bonchev–Trinajstić information content (AvgIpc) is 2.66. The van der Waals surface area contributed by atoms with Gasteiger partial charge >= 0.3 is 0 Å². The topological polar surface area (TPSA) is 49.9 Å². The zero-order valence-electron chi connectivity index (χ0n) is 10.0. The summed E-state index contributed by atoms with van der Waals surface area (Å²) in [4.78, 5) is 7.22. The Hall–Kier alpha value is -0.870. The Morgan fingerprint density at radius 3 is 2.87 bits per heavy atom. The fourth-order valence-electron chi connectivity index (χ4n) is 1.56. The van der Waals surface area contributed by atoms with Crippen molar-refractivity contribution in [2.75, 3.05) is 7.11 Å². The highest BCUT2D eigenvalue weighted by Gasteiger charge is 2.19. The van der Waals surface area contributed by atoms with Gasteiger partial charge in [0.1, 0.15) is 5.82 Å². The third-order valence-corrected chi connectivity index (χ3v) is 2.52. The van der Waals surface area contributed by atoms with E-state index in [1.807, 2.05) is 6.20 Å². The van der Waals surface area contributed by atoms with Crippen LogP contribution in [-0.4, -0.2) is 28.7 Å².